The zero-order valence-electron chi connectivity index (χ0n) is 28.1. The second-order valence-corrected chi connectivity index (χ2v) is 15.0. The summed E-state index contributed by atoms with van der Waals surface area (Å²) in [6.45, 7) is 24.2. The van der Waals surface area contributed by atoms with Crippen molar-refractivity contribution in [2.24, 2.45) is 0 Å². The molecule has 8 N–H and O–H groups in total. The molecule has 0 bridgehead atoms. The minimum Gasteiger partial charge on any atom is -0.405 e. The van der Waals surface area contributed by atoms with E-state index < -0.39 is 21.1 Å². The maximum absolute atomic E-state index is 5.96. The summed E-state index contributed by atoms with van der Waals surface area (Å²) in [5.41, 5.74) is 21.8. The highest BCUT2D eigenvalue weighted by Gasteiger charge is 2.63. The van der Waals surface area contributed by atoms with Gasteiger partial charge in [-0.15, -0.1) is 0 Å². The predicted octanol–water partition coefficient (Wildman–Crippen LogP) is 3.80. The first-order valence-electron chi connectivity index (χ1n) is 14.6. The van der Waals surface area contributed by atoms with Gasteiger partial charge in [0.15, 0.2) is 0 Å². The molecule has 3 aliphatic rings. The standard InChI is InChI=1S/C12H24B2O4.C11H18BN3O2.C5H6BrN3/c1-9(2)10(3,4)16-13(15-9)14-17-11(5,6)12(7,8)18-14;1-10(2)11(3,4)17-12(16-10)7-5-6-15-9(14)8(7)13;6-3-1-2-9-5(8)4(3)7/h1-8H3;5-6H,13H2,1-4H3,(H2,14,15);1-2H,7H2,(H2,8,9). The zero-order valence-corrected chi connectivity index (χ0v) is 29.7. The van der Waals surface area contributed by atoms with Gasteiger partial charge in [-0.1, -0.05) is 0 Å². The molecule has 0 spiro atoms. The van der Waals surface area contributed by atoms with Crippen molar-refractivity contribution < 1.29 is 27.9 Å². The van der Waals surface area contributed by atoms with E-state index >= 15 is 0 Å². The maximum atomic E-state index is 5.96. The molecule has 0 amide bonds. The summed E-state index contributed by atoms with van der Waals surface area (Å²) in [5.74, 6) is 0.668. The number of aromatic nitrogens is 2. The molecule has 0 saturated carbocycles. The number of nitrogens with two attached hydrogens (primary N) is 4. The van der Waals surface area contributed by atoms with Crippen molar-refractivity contribution in [3.05, 3.63) is 29.0 Å². The quantitative estimate of drug-likeness (QED) is 0.338. The fourth-order valence-electron chi connectivity index (χ4n) is 4.14. The van der Waals surface area contributed by atoms with E-state index in [0.29, 0.717) is 23.0 Å². The molecule has 16 heteroatoms. The average molecular weight is 677 g/mol. The van der Waals surface area contributed by atoms with Crippen molar-refractivity contribution >= 4 is 65.5 Å². The zero-order chi connectivity index (χ0) is 33.7. The minimum absolute atomic E-state index is 0.303. The van der Waals surface area contributed by atoms with Gasteiger partial charge in [0.2, 0.25) is 0 Å². The lowest BCUT2D eigenvalue weighted by atomic mass is 9.49. The van der Waals surface area contributed by atoms with E-state index in [1.807, 2.05) is 83.1 Å². The summed E-state index contributed by atoms with van der Waals surface area (Å²) in [4.78, 5) is 7.69. The Hall–Kier alpha value is -2.07. The summed E-state index contributed by atoms with van der Waals surface area (Å²) >= 11 is 3.20. The van der Waals surface area contributed by atoms with E-state index in [-0.39, 0.29) is 33.6 Å². The van der Waals surface area contributed by atoms with E-state index in [4.69, 9.17) is 50.9 Å². The number of nitrogens with zero attached hydrogens (tertiary/aromatic N) is 2. The van der Waals surface area contributed by atoms with Crippen LogP contribution in [0.4, 0.5) is 23.0 Å². The number of hydrogen-bond donors (Lipinski definition) is 4. The molecule has 44 heavy (non-hydrogen) atoms. The first-order chi connectivity index (χ1) is 19.8. The molecule has 0 aliphatic carbocycles. The van der Waals surface area contributed by atoms with Gasteiger partial charge in [-0.2, -0.15) is 0 Å². The smallest absolute Gasteiger partial charge is 0.405 e. The number of halogens is 1. The van der Waals surface area contributed by atoms with Crippen molar-refractivity contribution in [1.29, 1.82) is 0 Å². The van der Waals surface area contributed by atoms with Gasteiger partial charge < -0.3 is 50.9 Å². The monoisotopic (exact) mass is 676 g/mol. The van der Waals surface area contributed by atoms with Crippen molar-refractivity contribution in [3.8, 4) is 0 Å². The fraction of sp³-hybridized carbons (Fsp3) is 0.643. The van der Waals surface area contributed by atoms with Gasteiger partial charge in [0.25, 0.3) is 0 Å². The second-order valence-electron chi connectivity index (χ2n) is 14.1. The number of hydrogen-bond acceptors (Lipinski definition) is 12. The Morgan fingerprint density at radius 2 is 0.841 bits per heavy atom. The Morgan fingerprint density at radius 3 is 1.18 bits per heavy atom. The van der Waals surface area contributed by atoms with Gasteiger partial charge in [-0.05, 0) is 111 Å². The van der Waals surface area contributed by atoms with Crippen LogP contribution in [0.15, 0.2) is 29.0 Å². The van der Waals surface area contributed by atoms with Crippen LogP contribution in [0.5, 0.6) is 0 Å². The summed E-state index contributed by atoms with van der Waals surface area (Å²) in [7, 11) is -1.45. The molecule has 0 aromatic carbocycles. The maximum Gasteiger partial charge on any atom is 0.497 e. The molecular formula is C28H48B3BrN6O6. The molecule has 242 valence electrons. The van der Waals surface area contributed by atoms with Gasteiger partial charge >= 0.3 is 21.1 Å². The Balaban J connectivity index is 0.000000190. The molecule has 5 heterocycles. The molecule has 3 saturated heterocycles. The molecule has 2 aromatic rings. The van der Waals surface area contributed by atoms with Crippen molar-refractivity contribution in [2.45, 2.75) is 117 Å². The molecule has 0 atom stereocenters. The lowest BCUT2D eigenvalue weighted by molar-refractivity contribution is 0.00578. The summed E-state index contributed by atoms with van der Waals surface area (Å²) in [6, 6.07) is 3.51. The Kier molecular flexibility index (Phi) is 10.2. The Bertz CT molecular complexity index is 1240. The third kappa shape index (κ3) is 7.32. The first kappa shape index (κ1) is 36.4. The topological polar surface area (TPSA) is 185 Å². The van der Waals surface area contributed by atoms with Gasteiger partial charge in [-0.3, -0.25) is 0 Å². The van der Waals surface area contributed by atoms with Gasteiger partial charge in [0.1, 0.15) is 11.6 Å². The average Bonchev–Trinajstić information content (AvgIpc) is 3.33. The van der Waals surface area contributed by atoms with E-state index in [1.165, 1.54) is 0 Å². The lowest BCUT2D eigenvalue weighted by Crippen LogP contribution is -2.41. The van der Waals surface area contributed by atoms with E-state index in [0.717, 1.165) is 9.94 Å². The second kappa shape index (κ2) is 12.3. The van der Waals surface area contributed by atoms with E-state index in [1.54, 1.807) is 24.5 Å². The highest BCUT2D eigenvalue weighted by Crippen LogP contribution is 2.43. The number of nitrogen functional groups attached to an aromatic ring is 4. The number of anilines is 4. The van der Waals surface area contributed by atoms with Crippen molar-refractivity contribution in [1.82, 2.24) is 9.97 Å². The van der Waals surface area contributed by atoms with E-state index in [2.05, 4.69) is 25.9 Å². The largest absolute Gasteiger partial charge is 0.497 e. The highest BCUT2D eigenvalue weighted by atomic mass is 79.9. The minimum atomic E-state index is -0.495. The van der Waals surface area contributed by atoms with Crippen molar-refractivity contribution in [3.63, 3.8) is 0 Å². The third-order valence-electron chi connectivity index (χ3n) is 9.29. The van der Waals surface area contributed by atoms with Crippen LogP contribution in [-0.2, 0) is 27.9 Å². The van der Waals surface area contributed by atoms with Gasteiger partial charge in [0.05, 0.1) is 45.0 Å². The Morgan fingerprint density at radius 1 is 0.523 bits per heavy atom. The Labute approximate surface area is 271 Å². The third-order valence-corrected chi connectivity index (χ3v) is 9.99. The van der Waals surface area contributed by atoms with Crippen LogP contribution in [0, 0.1) is 0 Å². The molecule has 2 aromatic heterocycles. The molecule has 12 nitrogen and oxygen atoms in total. The molecule has 0 unspecified atom stereocenters. The normalized spacial score (nSPS) is 23.4. The SMILES string of the molecule is CC1(C)OB(B2OC(C)(C)C(C)(C)O2)OC1(C)C.CC1(C)OB(c2ccnc(N)c2N)OC1(C)C.Nc1nccc(Br)c1N. The molecule has 3 fully saturated rings. The van der Waals surface area contributed by atoms with Gasteiger partial charge in [-0.25, -0.2) is 9.97 Å². The summed E-state index contributed by atoms with van der Waals surface area (Å²) in [6.07, 6.45) is 3.20. The lowest BCUT2D eigenvalue weighted by Gasteiger charge is -2.32. The molecule has 3 aliphatic heterocycles. The molecular weight excluding hydrogens is 629 g/mol. The van der Waals surface area contributed by atoms with Gasteiger partial charge in [0, 0.05) is 22.3 Å². The summed E-state index contributed by atoms with van der Waals surface area (Å²) < 4.78 is 36.4. The number of pyridine rings is 2. The van der Waals surface area contributed by atoms with Crippen LogP contribution in [0.1, 0.15) is 83.1 Å². The predicted molar refractivity (Wildman–Crippen MR) is 182 cm³/mol. The van der Waals surface area contributed by atoms with Crippen LogP contribution in [0.2, 0.25) is 0 Å². The van der Waals surface area contributed by atoms with Crippen LogP contribution in [-0.4, -0.2) is 64.7 Å². The van der Waals surface area contributed by atoms with Crippen LogP contribution >= 0.6 is 15.9 Å². The first-order valence-corrected chi connectivity index (χ1v) is 15.4. The van der Waals surface area contributed by atoms with Crippen LogP contribution in [0.3, 0.4) is 0 Å². The molecule has 5 rings (SSSR count). The number of rotatable bonds is 2. The summed E-state index contributed by atoms with van der Waals surface area (Å²) in [5, 5.41) is 0. The van der Waals surface area contributed by atoms with Crippen LogP contribution in [0.25, 0.3) is 0 Å². The van der Waals surface area contributed by atoms with E-state index in [9.17, 15) is 0 Å². The highest BCUT2D eigenvalue weighted by molar-refractivity contribution is 9.10. The van der Waals surface area contributed by atoms with Crippen LogP contribution < -0.4 is 28.4 Å². The van der Waals surface area contributed by atoms with Crippen molar-refractivity contribution in [2.75, 3.05) is 22.9 Å². The fourth-order valence-corrected chi connectivity index (χ4v) is 4.47. The molecule has 0 radical (unpaired) electrons.